The van der Waals surface area contributed by atoms with Crippen molar-refractivity contribution in [2.24, 2.45) is 0 Å². The second kappa shape index (κ2) is 5.12. The van der Waals surface area contributed by atoms with Crippen molar-refractivity contribution in [1.29, 1.82) is 0 Å². The highest BCUT2D eigenvalue weighted by Gasteiger charge is 1.99. The van der Waals surface area contributed by atoms with E-state index in [1.807, 2.05) is 0 Å². The SMILES string of the molecule is O=C(/C=C/c1ccco1)Nc1cccc(F)c1. The van der Waals surface area contributed by atoms with Gasteiger partial charge in [0, 0.05) is 11.8 Å². The number of nitrogens with one attached hydrogen (secondary N) is 1. The lowest BCUT2D eigenvalue weighted by molar-refractivity contribution is -0.111. The van der Waals surface area contributed by atoms with Crippen LogP contribution in [0.1, 0.15) is 5.76 Å². The first kappa shape index (κ1) is 11.1. The van der Waals surface area contributed by atoms with Crippen molar-refractivity contribution in [3.05, 3.63) is 60.3 Å². The Hall–Kier alpha value is -2.36. The zero-order valence-electron chi connectivity index (χ0n) is 8.89. The van der Waals surface area contributed by atoms with Crippen molar-refractivity contribution in [2.45, 2.75) is 0 Å². The predicted octanol–water partition coefficient (Wildman–Crippen LogP) is 3.07. The number of hydrogen-bond acceptors (Lipinski definition) is 2. The van der Waals surface area contributed by atoms with E-state index in [4.69, 9.17) is 4.42 Å². The fraction of sp³-hybridized carbons (Fsp3) is 0. The Morgan fingerprint density at radius 2 is 2.18 bits per heavy atom. The Morgan fingerprint density at radius 1 is 1.29 bits per heavy atom. The summed E-state index contributed by atoms with van der Waals surface area (Å²) in [6, 6.07) is 9.16. The molecule has 17 heavy (non-hydrogen) atoms. The molecule has 2 aromatic rings. The van der Waals surface area contributed by atoms with Crippen LogP contribution in [0.15, 0.2) is 53.2 Å². The average Bonchev–Trinajstić information content (AvgIpc) is 2.79. The van der Waals surface area contributed by atoms with Gasteiger partial charge in [-0.1, -0.05) is 6.07 Å². The fourth-order valence-corrected chi connectivity index (χ4v) is 1.29. The van der Waals surface area contributed by atoms with E-state index in [1.165, 1.54) is 36.6 Å². The quantitative estimate of drug-likeness (QED) is 0.825. The molecular formula is C13H10FNO2. The van der Waals surface area contributed by atoms with E-state index in [0.29, 0.717) is 11.4 Å². The van der Waals surface area contributed by atoms with Crippen LogP contribution in [0, 0.1) is 5.82 Å². The van der Waals surface area contributed by atoms with Crippen molar-refractivity contribution in [2.75, 3.05) is 5.32 Å². The molecular weight excluding hydrogens is 221 g/mol. The van der Waals surface area contributed by atoms with Gasteiger partial charge in [-0.05, 0) is 36.4 Å². The van der Waals surface area contributed by atoms with Gasteiger partial charge in [0.1, 0.15) is 11.6 Å². The molecule has 0 saturated carbocycles. The van der Waals surface area contributed by atoms with Gasteiger partial charge in [0.15, 0.2) is 0 Å². The Morgan fingerprint density at radius 3 is 2.88 bits per heavy atom. The maximum absolute atomic E-state index is 12.8. The third kappa shape index (κ3) is 3.31. The Kier molecular flexibility index (Phi) is 3.35. The van der Waals surface area contributed by atoms with Crippen molar-refractivity contribution in [1.82, 2.24) is 0 Å². The second-order valence-corrected chi connectivity index (χ2v) is 3.35. The Bertz CT molecular complexity index is 532. The van der Waals surface area contributed by atoms with Crippen LogP contribution >= 0.6 is 0 Å². The van der Waals surface area contributed by atoms with Gasteiger partial charge >= 0.3 is 0 Å². The minimum Gasteiger partial charge on any atom is -0.465 e. The van der Waals surface area contributed by atoms with Gasteiger partial charge in [0.2, 0.25) is 5.91 Å². The number of anilines is 1. The van der Waals surface area contributed by atoms with Crippen molar-refractivity contribution >= 4 is 17.7 Å². The minimum atomic E-state index is -0.391. The number of carbonyl (C=O) groups is 1. The molecule has 3 nitrogen and oxygen atoms in total. The first-order valence-corrected chi connectivity index (χ1v) is 5.02. The zero-order valence-corrected chi connectivity index (χ0v) is 8.89. The van der Waals surface area contributed by atoms with Crippen molar-refractivity contribution in [3.8, 4) is 0 Å². The second-order valence-electron chi connectivity index (χ2n) is 3.35. The molecule has 1 heterocycles. The normalized spacial score (nSPS) is 10.6. The molecule has 4 heteroatoms. The highest BCUT2D eigenvalue weighted by Crippen LogP contribution is 2.09. The predicted molar refractivity (Wildman–Crippen MR) is 62.8 cm³/mol. The van der Waals surface area contributed by atoms with Crippen LogP contribution in [0.4, 0.5) is 10.1 Å². The highest BCUT2D eigenvalue weighted by molar-refractivity contribution is 6.01. The fourth-order valence-electron chi connectivity index (χ4n) is 1.29. The lowest BCUT2D eigenvalue weighted by atomic mass is 10.3. The van der Waals surface area contributed by atoms with Gasteiger partial charge in [-0.3, -0.25) is 4.79 Å². The third-order valence-electron chi connectivity index (χ3n) is 2.03. The molecule has 0 atom stereocenters. The maximum Gasteiger partial charge on any atom is 0.248 e. The number of hydrogen-bond donors (Lipinski definition) is 1. The Labute approximate surface area is 97.6 Å². The van der Waals surface area contributed by atoms with Gasteiger partial charge in [-0.15, -0.1) is 0 Å². The molecule has 1 amide bonds. The molecule has 0 radical (unpaired) electrons. The Balaban J connectivity index is 1.98. The maximum atomic E-state index is 12.8. The number of amides is 1. The summed E-state index contributed by atoms with van der Waals surface area (Å²) in [4.78, 5) is 11.5. The molecule has 1 N–H and O–H groups in total. The van der Waals surface area contributed by atoms with E-state index in [1.54, 1.807) is 18.2 Å². The van der Waals surface area contributed by atoms with E-state index >= 15 is 0 Å². The van der Waals surface area contributed by atoms with Gasteiger partial charge in [-0.2, -0.15) is 0 Å². The van der Waals surface area contributed by atoms with Gasteiger partial charge in [0.25, 0.3) is 0 Å². The summed E-state index contributed by atoms with van der Waals surface area (Å²) < 4.78 is 17.9. The van der Waals surface area contributed by atoms with E-state index < -0.39 is 5.82 Å². The summed E-state index contributed by atoms with van der Waals surface area (Å²) in [6.07, 6.45) is 4.38. The lowest BCUT2D eigenvalue weighted by Gasteiger charge is -2.00. The molecule has 0 bridgehead atoms. The molecule has 86 valence electrons. The summed E-state index contributed by atoms with van der Waals surface area (Å²) in [6.45, 7) is 0. The van der Waals surface area contributed by atoms with Crippen LogP contribution < -0.4 is 5.32 Å². The molecule has 0 saturated heterocycles. The number of halogens is 1. The summed E-state index contributed by atoms with van der Waals surface area (Å²) in [5, 5.41) is 2.54. The smallest absolute Gasteiger partial charge is 0.248 e. The molecule has 0 fully saturated rings. The van der Waals surface area contributed by atoms with Crippen molar-refractivity contribution in [3.63, 3.8) is 0 Å². The third-order valence-corrected chi connectivity index (χ3v) is 2.03. The van der Waals surface area contributed by atoms with E-state index in [2.05, 4.69) is 5.32 Å². The van der Waals surface area contributed by atoms with Crippen molar-refractivity contribution < 1.29 is 13.6 Å². The first-order valence-electron chi connectivity index (χ1n) is 5.02. The summed E-state index contributed by atoms with van der Waals surface area (Å²) in [5.41, 5.74) is 0.416. The number of furan rings is 1. The molecule has 1 aromatic carbocycles. The minimum absolute atomic E-state index is 0.341. The molecule has 2 rings (SSSR count). The van der Waals surface area contributed by atoms with Crippen LogP contribution in [-0.4, -0.2) is 5.91 Å². The number of benzene rings is 1. The van der Waals surface area contributed by atoms with Crippen LogP contribution in [0.3, 0.4) is 0 Å². The molecule has 0 aliphatic heterocycles. The molecule has 0 unspecified atom stereocenters. The molecule has 0 aliphatic rings. The zero-order chi connectivity index (χ0) is 12.1. The van der Waals surface area contributed by atoms with E-state index in [9.17, 15) is 9.18 Å². The van der Waals surface area contributed by atoms with E-state index in [0.717, 1.165) is 0 Å². The van der Waals surface area contributed by atoms with E-state index in [-0.39, 0.29) is 5.91 Å². The molecule has 0 aliphatic carbocycles. The summed E-state index contributed by atoms with van der Waals surface area (Å²) >= 11 is 0. The first-order chi connectivity index (χ1) is 8.24. The standard InChI is InChI=1S/C13H10FNO2/c14-10-3-1-4-11(9-10)15-13(16)7-6-12-5-2-8-17-12/h1-9H,(H,15,16)/b7-6+. The number of carbonyl (C=O) groups excluding carboxylic acids is 1. The van der Waals surface area contributed by atoms with Crippen LogP contribution in [0.25, 0.3) is 6.08 Å². The van der Waals surface area contributed by atoms with Crippen LogP contribution in [-0.2, 0) is 4.79 Å². The topological polar surface area (TPSA) is 42.2 Å². The summed E-state index contributed by atoms with van der Waals surface area (Å²) in [7, 11) is 0. The van der Waals surface area contributed by atoms with Gasteiger partial charge in [0.05, 0.1) is 6.26 Å². The molecule has 0 spiro atoms. The summed E-state index contributed by atoms with van der Waals surface area (Å²) in [5.74, 6) is -0.149. The highest BCUT2D eigenvalue weighted by atomic mass is 19.1. The molecule has 1 aromatic heterocycles. The number of rotatable bonds is 3. The van der Waals surface area contributed by atoms with Gasteiger partial charge < -0.3 is 9.73 Å². The van der Waals surface area contributed by atoms with Crippen LogP contribution in [0.2, 0.25) is 0 Å². The van der Waals surface area contributed by atoms with Crippen LogP contribution in [0.5, 0.6) is 0 Å². The monoisotopic (exact) mass is 231 g/mol. The average molecular weight is 231 g/mol. The van der Waals surface area contributed by atoms with Gasteiger partial charge in [-0.25, -0.2) is 4.39 Å². The largest absolute Gasteiger partial charge is 0.465 e. The lowest BCUT2D eigenvalue weighted by Crippen LogP contribution is -2.07.